The molecule has 7 heteroatoms. The minimum Gasteiger partial charge on any atom is -0.508 e. The molecule has 0 aliphatic carbocycles. The first-order valence-electron chi connectivity index (χ1n) is 5.94. The molecular formula is C13H14FNO5. The third-order valence-corrected chi connectivity index (χ3v) is 3.07. The summed E-state index contributed by atoms with van der Waals surface area (Å²) in [5.74, 6) is -2.65. The third-order valence-electron chi connectivity index (χ3n) is 3.07. The number of phenols is 1. The van der Waals surface area contributed by atoms with E-state index in [-0.39, 0.29) is 24.4 Å². The predicted molar refractivity (Wildman–Crippen MR) is 66.0 cm³/mol. The number of hydrogen-bond acceptors (Lipinski definition) is 4. The Bertz CT molecular complexity index is 554. The monoisotopic (exact) mass is 283 g/mol. The lowest BCUT2D eigenvalue weighted by Crippen LogP contribution is -2.63. The second kappa shape index (κ2) is 5.09. The SMILES string of the molecule is CC1(OCC(=O)O)CN(C(=O)c2ccc(O)cc2F)C1. The van der Waals surface area contributed by atoms with Crippen molar-refractivity contribution < 1.29 is 28.9 Å². The minimum absolute atomic E-state index is 0.136. The first-order valence-corrected chi connectivity index (χ1v) is 5.94. The second-order valence-electron chi connectivity index (χ2n) is 4.96. The van der Waals surface area contributed by atoms with Gasteiger partial charge in [-0.15, -0.1) is 0 Å². The van der Waals surface area contributed by atoms with Gasteiger partial charge in [0.2, 0.25) is 0 Å². The maximum absolute atomic E-state index is 13.6. The number of benzene rings is 1. The lowest BCUT2D eigenvalue weighted by Gasteiger charge is -2.47. The number of carbonyl (C=O) groups is 2. The van der Waals surface area contributed by atoms with Crippen molar-refractivity contribution in [3.8, 4) is 5.75 Å². The Morgan fingerprint density at radius 1 is 1.45 bits per heavy atom. The molecule has 0 spiro atoms. The number of halogens is 1. The molecular weight excluding hydrogens is 269 g/mol. The fourth-order valence-corrected chi connectivity index (χ4v) is 2.08. The van der Waals surface area contributed by atoms with E-state index in [2.05, 4.69) is 0 Å². The standard InChI is InChI=1S/C13H14FNO5/c1-13(20-5-11(17)18)6-15(7-13)12(19)9-3-2-8(16)4-10(9)14/h2-4,16H,5-7H2,1H3,(H,17,18). The van der Waals surface area contributed by atoms with Crippen LogP contribution in [0.2, 0.25) is 0 Å². The number of rotatable bonds is 4. The number of carboxylic acids is 1. The zero-order valence-electron chi connectivity index (χ0n) is 10.8. The van der Waals surface area contributed by atoms with Crippen LogP contribution in [-0.2, 0) is 9.53 Å². The summed E-state index contributed by atoms with van der Waals surface area (Å²) in [7, 11) is 0. The molecule has 1 aliphatic rings. The van der Waals surface area contributed by atoms with Gasteiger partial charge in [-0.1, -0.05) is 0 Å². The quantitative estimate of drug-likeness (QED) is 0.855. The van der Waals surface area contributed by atoms with Crippen molar-refractivity contribution in [2.75, 3.05) is 19.7 Å². The fraction of sp³-hybridized carbons (Fsp3) is 0.385. The van der Waals surface area contributed by atoms with Gasteiger partial charge in [0.15, 0.2) is 0 Å². The minimum atomic E-state index is -1.08. The summed E-state index contributed by atoms with van der Waals surface area (Å²) in [5.41, 5.74) is -0.857. The molecule has 0 aromatic heterocycles. The molecule has 0 saturated carbocycles. The largest absolute Gasteiger partial charge is 0.508 e. The molecule has 0 bridgehead atoms. The molecule has 1 aromatic carbocycles. The zero-order chi connectivity index (χ0) is 14.9. The number of amides is 1. The Kier molecular flexibility index (Phi) is 3.63. The fourth-order valence-electron chi connectivity index (χ4n) is 2.08. The number of nitrogens with zero attached hydrogens (tertiary/aromatic N) is 1. The maximum Gasteiger partial charge on any atom is 0.329 e. The number of aliphatic carboxylic acids is 1. The molecule has 1 aromatic rings. The zero-order valence-corrected chi connectivity index (χ0v) is 10.8. The Hall–Kier alpha value is -2.15. The molecule has 2 N–H and O–H groups in total. The van der Waals surface area contributed by atoms with Gasteiger partial charge >= 0.3 is 5.97 Å². The van der Waals surface area contributed by atoms with Crippen LogP contribution in [0.4, 0.5) is 4.39 Å². The molecule has 6 nitrogen and oxygen atoms in total. The van der Waals surface area contributed by atoms with Crippen LogP contribution in [0, 0.1) is 5.82 Å². The summed E-state index contributed by atoms with van der Waals surface area (Å²) >= 11 is 0. The molecule has 0 radical (unpaired) electrons. The highest BCUT2D eigenvalue weighted by Crippen LogP contribution is 2.27. The highest BCUT2D eigenvalue weighted by atomic mass is 19.1. The average Bonchev–Trinajstić information content (AvgIpc) is 2.32. The Balaban J connectivity index is 1.98. The molecule has 0 atom stereocenters. The number of aromatic hydroxyl groups is 1. The third kappa shape index (κ3) is 2.88. The lowest BCUT2D eigenvalue weighted by molar-refractivity contribution is -0.159. The van der Waals surface area contributed by atoms with Gasteiger partial charge in [-0.25, -0.2) is 9.18 Å². The number of likely N-dealkylation sites (tertiary alicyclic amines) is 1. The van der Waals surface area contributed by atoms with Crippen molar-refractivity contribution in [2.45, 2.75) is 12.5 Å². The summed E-state index contributed by atoms with van der Waals surface area (Å²) in [4.78, 5) is 23.8. The van der Waals surface area contributed by atoms with E-state index < -0.39 is 29.9 Å². The molecule has 1 saturated heterocycles. The van der Waals surface area contributed by atoms with E-state index in [1.54, 1.807) is 6.92 Å². The van der Waals surface area contributed by atoms with E-state index in [0.29, 0.717) is 0 Å². The number of carbonyl (C=O) groups excluding carboxylic acids is 1. The first kappa shape index (κ1) is 14.3. The van der Waals surface area contributed by atoms with Crippen LogP contribution in [-0.4, -0.2) is 52.3 Å². The van der Waals surface area contributed by atoms with E-state index in [1.807, 2.05) is 0 Å². The number of phenolic OH excluding ortho intramolecular Hbond substituents is 1. The smallest absolute Gasteiger partial charge is 0.329 e. The summed E-state index contributed by atoms with van der Waals surface area (Å²) in [6, 6.07) is 3.31. The van der Waals surface area contributed by atoms with Crippen molar-refractivity contribution in [1.29, 1.82) is 0 Å². The van der Waals surface area contributed by atoms with Gasteiger partial charge in [0.05, 0.1) is 18.7 Å². The predicted octanol–water partition coefficient (Wildman–Crippen LogP) is 0.847. The summed E-state index contributed by atoms with van der Waals surface area (Å²) in [6.45, 7) is 1.64. The van der Waals surface area contributed by atoms with Crippen molar-refractivity contribution in [2.24, 2.45) is 0 Å². The molecule has 1 amide bonds. The van der Waals surface area contributed by atoms with Gasteiger partial charge in [0, 0.05) is 6.07 Å². The maximum atomic E-state index is 13.6. The van der Waals surface area contributed by atoms with Crippen LogP contribution >= 0.6 is 0 Å². The Morgan fingerprint density at radius 2 is 2.10 bits per heavy atom. The molecule has 1 heterocycles. The van der Waals surface area contributed by atoms with Crippen molar-refractivity contribution in [3.05, 3.63) is 29.6 Å². The average molecular weight is 283 g/mol. The van der Waals surface area contributed by atoms with Crippen LogP contribution in [0.3, 0.4) is 0 Å². The Labute approximate surface area is 114 Å². The van der Waals surface area contributed by atoms with Crippen molar-refractivity contribution in [3.63, 3.8) is 0 Å². The van der Waals surface area contributed by atoms with Gasteiger partial charge in [-0.2, -0.15) is 0 Å². The second-order valence-corrected chi connectivity index (χ2v) is 4.96. The molecule has 20 heavy (non-hydrogen) atoms. The highest BCUT2D eigenvalue weighted by Gasteiger charge is 2.43. The van der Waals surface area contributed by atoms with E-state index >= 15 is 0 Å². The van der Waals surface area contributed by atoms with Gasteiger partial charge in [0.1, 0.15) is 23.8 Å². The summed E-state index contributed by atoms with van der Waals surface area (Å²) < 4.78 is 18.7. The van der Waals surface area contributed by atoms with Gasteiger partial charge < -0.3 is 19.8 Å². The van der Waals surface area contributed by atoms with Gasteiger partial charge in [-0.05, 0) is 19.1 Å². The van der Waals surface area contributed by atoms with Gasteiger partial charge in [0.25, 0.3) is 5.91 Å². The summed E-state index contributed by atoms with van der Waals surface area (Å²) in [6.07, 6.45) is 0. The van der Waals surface area contributed by atoms with E-state index in [0.717, 1.165) is 6.07 Å². The van der Waals surface area contributed by atoms with Crippen LogP contribution in [0.5, 0.6) is 5.75 Å². The van der Waals surface area contributed by atoms with E-state index in [1.165, 1.54) is 17.0 Å². The van der Waals surface area contributed by atoms with Crippen molar-refractivity contribution in [1.82, 2.24) is 4.90 Å². The van der Waals surface area contributed by atoms with Crippen LogP contribution < -0.4 is 0 Å². The molecule has 1 aliphatic heterocycles. The molecule has 1 fully saturated rings. The molecule has 108 valence electrons. The van der Waals surface area contributed by atoms with Crippen LogP contribution in [0.25, 0.3) is 0 Å². The van der Waals surface area contributed by atoms with Crippen LogP contribution in [0.15, 0.2) is 18.2 Å². The topological polar surface area (TPSA) is 87.1 Å². The highest BCUT2D eigenvalue weighted by molar-refractivity contribution is 5.95. The van der Waals surface area contributed by atoms with E-state index in [9.17, 15) is 14.0 Å². The molecule has 0 unspecified atom stereocenters. The van der Waals surface area contributed by atoms with Gasteiger partial charge in [-0.3, -0.25) is 4.79 Å². The van der Waals surface area contributed by atoms with E-state index in [4.69, 9.17) is 14.9 Å². The molecule has 2 rings (SSSR count). The number of hydrogen-bond donors (Lipinski definition) is 2. The lowest BCUT2D eigenvalue weighted by atomic mass is 9.95. The number of ether oxygens (including phenoxy) is 1. The Morgan fingerprint density at radius 3 is 2.65 bits per heavy atom. The first-order chi connectivity index (χ1) is 9.31. The summed E-state index contributed by atoms with van der Waals surface area (Å²) in [5, 5.41) is 17.6. The normalized spacial score (nSPS) is 16.6. The van der Waals surface area contributed by atoms with Crippen molar-refractivity contribution >= 4 is 11.9 Å². The number of carboxylic acid groups (broad SMARTS) is 1. The van der Waals surface area contributed by atoms with Crippen LogP contribution in [0.1, 0.15) is 17.3 Å².